The molecule has 0 fully saturated rings. The van der Waals surface area contributed by atoms with E-state index in [1.807, 2.05) is 32.0 Å². The molecule has 0 saturated heterocycles. The summed E-state index contributed by atoms with van der Waals surface area (Å²) < 4.78 is 18.8. The molecule has 3 heteroatoms. The van der Waals surface area contributed by atoms with Gasteiger partial charge < -0.3 is 9.73 Å². The number of nitrogens with one attached hydrogen (secondary N) is 1. The molecule has 0 aliphatic rings. The maximum Gasteiger partial charge on any atom is 0.146 e. The van der Waals surface area contributed by atoms with E-state index >= 15 is 0 Å². The minimum atomic E-state index is -0.233. The first-order chi connectivity index (χ1) is 7.65. The van der Waals surface area contributed by atoms with E-state index in [1.165, 1.54) is 6.07 Å². The highest BCUT2D eigenvalue weighted by molar-refractivity contribution is 5.46. The van der Waals surface area contributed by atoms with Gasteiger partial charge in [-0.15, -0.1) is 0 Å². The molecule has 0 bridgehead atoms. The van der Waals surface area contributed by atoms with Crippen molar-refractivity contribution >= 4 is 5.69 Å². The van der Waals surface area contributed by atoms with Crippen LogP contribution in [0.4, 0.5) is 10.1 Å². The van der Waals surface area contributed by atoms with Crippen molar-refractivity contribution in [2.24, 2.45) is 0 Å². The molecule has 0 unspecified atom stereocenters. The van der Waals surface area contributed by atoms with E-state index in [9.17, 15) is 4.39 Å². The minimum absolute atomic E-state index is 0.233. The number of furan rings is 1. The summed E-state index contributed by atoms with van der Waals surface area (Å²) >= 11 is 0. The van der Waals surface area contributed by atoms with Gasteiger partial charge in [-0.25, -0.2) is 4.39 Å². The average molecular weight is 219 g/mol. The molecule has 0 spiro atoms. The third-order valence-corrected chi connectivity index (χ3v) is 2.37. The molecule has 2 rings (SSSR count). The number of aryl methyl sites for hydroxylation is 2. The van der Waals surface area contributed by atoms with Crippen LogP contribution < -0.4 is 5.32 Å². The lowest BCUT2D eigenvalue weighted by Crippen LogP contribution is -2.00. The van der Waals surface area contributed by atoms with E-state index in [1.54, 1.807) is 6.07 Å². The molecule has 0 atom stereocenters. The monoisotopic (exact) mass is 219 g/mol. The Kier molecular flexibility index (Phi) is 2.95. The molecule has 0 aliphatic heterocycles. The first-order valence-electron chi connectivity index (χ1n) is 5.20. The van der Waals surface area contributed by atoms with Gasteiger partial charge >= 0.3 is 0 Å². The third kappa shape index (κ3) is 2.42. The quantitative estimate of drug-likeness (QED) is 0.852. The van der Waals surface area contributed by atoms with E-state index in [0.717, 1.165) is 17.1 Å². The molecule has 1 heterocycles. The van der Waals surface area contributed by atoms with E-state index in [-0.39, 0.29) is 5.82 Å². The molecule has 1 aromatic heterocycles. The zero-order valence-corrected chi connectivity index (χ0v) is 9.38. The van der Waals surface area contributed by atoms with Gasteiger partial charge in [0.15, 0.2) is 0 Å². The van der Waals surface area contributed by atoms with Crippen molar-refractivity contribution in [3.8, 4) is 0 Å². The Labute approximate surface area is 94.1 Å². The van der Waals surface area contributed by atoms with Crippen LogP contribution in [0, 0.1) is 19.7 Å². The average Bonchev–Trinajstić information content (AvgIpc) is 2.63. The highest BCUT2D eigenvalue weighted by Gasteiger charge is 2.03. The second-order valence-electron chi connectivity index (χ2n) is 3.85. The van der Waals surface area contributed by atoms with Crippen LogP contribution in [-0.2, 0) is 6.54 Å². The molecule has 2 aromatic rings. The van der Waals surface area contributed by atoms with Gasteiger partial charge in [0.2, 0.25) is 0 Å². The lowest BCUT2D eigenvalue weighted by atomic mass is 10.2. The van der Waals surface area contributed by atoms with Crippen molar-refractivity contribution in [3.05, 3.63) is 53.2 Å². The van der Waals surface area contributed by atoms with E-state index in [4.69, 9.17) is 4.42 Å². The second-order valence-corrected chi connectivity index (χ2v) is 3.85. The zero-order valence-electron chi connectivity index (χ0n) is 9.38. The van der Waals surface area contributed by atoms with Gasteiger partial charge in [0.05, 0.1) is 12.2 Å². The Hall–Kier alpha value is -1.77. The fraction of sp³-hybridized carbons (Fsp3) is 0.231. The van der Waals surface area contributed by atoms with Gasteiger partial charge in [-0.1, -0.05) is 6.07 Å². The first kappa shape index (κ1) is 10.7. The largest absolute Gasteiger partial charge is 0.465 e. The smallest absolute Gasteiger partial charge is 0.146 e. The molecule has 1 N–H and O–H groups in total. The first-order valence-corrected chi connectivity index (χ1v) is 5.20. The van der Waals surface area contributed by atoms with Crippen LogP contribution in [0.5, 0.6) is 0 Å². The van der Waals surface area contributed by atoms with Crippen LogP contribution in [0.15, 0.2) is 34.7 Å². The minimum Gasteiger partial charge on any atom is -0.465 e. The number of hydrogen-bond donors (Lipinski definition) is 1. The summed E-state index contributed by atoms with van der Waals surface area (Å²) in [5.74, 6) is 1.43. The summed E-state index contributed by atoms with van der Waals surface area (Å²) in [6.07, 6.45) is 0. The second kappa shape index (κ2) is 4.39. The molecular formula is C13H14FNO. The van der Waals surface area contributed by atoms with E-state index in [0.29, 0.717) is 12.2 Å². The predicted octanol–water partition coefficient (Wildman–Crippen LogP) is 3.65. The summed E-state index contributed by atoms with van der Waals surface area (Å²) in [6, 6.07) is 8.89. The Morgan fingerprint density at radius 2 is 2.00 bits per heavy atom. The highest BCUT2D eigenvalue weighted by atomic mass is 19.1. The third-order valence-electron chi connectivity index (χ3n) is 2.37. The maximum absolute atomic E-state index is 13.5. The van der Waals surface area contributed by atoms with Crippen LogP contribution in [-0.4, -0.2) is 0 Å². The Balaban J connectivity index is 2.04. The number of anilines is 1. The van der Waals surface area contributed by atoms with Crippen LogP contribution in [0.3, 0.4) is 0 Å². The van der Waals surface area contributed by atoms with Crippen molar-refractivity contribution in [1.82, 2.24) is 0 Å². The summed E-state index contributed by atoms with van der Waals surface area (Å²) in [5, 5.41) is 3.00. The van der Waals surface area contributed by atoms with E-state index < -0.39 is 0 Å². The fourth-order valence-corrected chi connectivity index (χ4v) is 1.53. The molecule has 0 aliphatic carbocycles. The summed E-state index contributed by atoms with van der Waals surface area (Å²) in [6.45, 7) is 4.24. The standard InChI is InChI=1S/C13H14FNO/c1-9-3-6-13(12(14)7-9)15-8-11-5-4-10(2)16-11/h3-7,15H,8H2,1-2H3. The van der Waals surface area contributed by atoms with Crippen molar-refractivity contribution in [3.63, 3.8) is 0 Å². The van der Waals surface area contributed by atoms with Crippen LogP contribution in [0.2, 0.25) is 0 Å². The molecule has 2 nitrogen and oxygen atoms in total. The van der Waals surface area contributed by atoms with Gasteiger partial charge in [0.25, 0.3) is 0 Å². The molecule has 16 heavy (non-hydrogen) atoms. The maximum atomic E-state index is 13.5. The normalized spacial score (nSPS) is 10.4. The number of hydrogen-bond acceptors (Lipinski definition) is 2. The SMILES string of the molecule is Cc1ccc(NCc2ccc(C)o2)c(F)c1. The van der Waals surface area contributed by atoms with Gasteiger partial charge in [0, 0.05) is 0 Å². The zero-order chi connectivity index (χ0) is 11.5. The molecule has 84 valence electrons. The summed E-state index contributed by atoms with van der Waals surface area (Å²) in [7, 11) is 0. The lowest BCUT2D eigenvalue weighted by molar-refractivity contribution is 0.490. The van der Waals surface area contributed by atoms with Crippen molar-refractivity contribution in [2.75, 3.05) is 5.32 Å². The van der Waals surface area contributed by atoms with Crippen LogP contribution in [0.25, 0.3) is 0 Å². The summed E-state index contributed by atoms with van der Waals surface area (Å²) in [5.41, 5.74) is 1.41. The lowest BCUT2D eigenvalue weighted by Gasteiger charge is -2.06. The number of rotatable bonds is 3. The van der Waals surface area contributed by atoms with Crippen LogP contribution in [0.1, 0.15) is 17.1 Å². The Morgan fingerprint density at radius 1 is 1.19 bits per heavy atom. The fourth-order valence-electron chi connectivity index (χ4n) is 1.53. The van der Waals surface area contributed by atoms with Gasteiger partial charge in [-0.2, -0.15) is 0 Å². The van der Waals surface area contributed by atoms with Crippen molar-refractivity contribution < 1.29 is 8.81 Å². The van der Waals surface area contributed by atoms with Crippen molar-refractivity contribution in [1.29, 1.82) is 0 Å². The Bertz CT molecular complexity index is 490. The molecular weight excluding hydrogens is 205 g/mol. The molecule has 0 saturated carbocycles. The molecule has 1 aromatic carbocycles. The van der Waals surface area contributed by atoms with Gasteiger partial charge in [-0.3, -0.25) is 0 Å². The van der Waals surface area contributed by atoms with Crippen LogP contribution >= 0.6 is 0 Å². The number of halogens is 1. The van der Waals surface area contributed by atoms with Crippen molar-refractivity contribution in [2.45, 2.75) is 20.4 Å². The molecule has 0 radical (unpaired) electrons. The highest BCUT2D eigenvalue weighted by Crippen LogP contribution is 2.16. The van der Waals surface area contributed by atoms with Gasteiger partial charge in [-0.05, 0) is 43.7 Å². The Morgan fingerprint density at radius 3 is 2.62 bits per heavy atom. The van der Waals surface area contributed by atoms with E-state index in [2.05, 4.69) is 5.32 Å². The topological polar surface area (TPSA) is 25.2 Å². The predicted molar refractivity (Wildman–Crippen MR) is 61.9 cm³/mol. The molecule has 0 amide bonds. The summed E-state index contributed by atoms with van der Waals surface area (Å²) in [4.78, 5) is 0. The van der Waals surface area contributed by atoms with Gasteiger partial charge in [0.1, 0.15) is 17.3 Å². The number of benzene rings is 1.